The van der Waals surface area contributed by atoms with Crippen molar-refractivity contribution in [3.05, 3.63) is 106 Å². The molecule has 3 aromatic rings. The lowest BCUT2D eigenvalue weighted by Crippen LogP contribution is -2.11. The molecule has 0 radical (unpaired) electrons. The summed E-state index contributed by atoms with van der Waals surface area (Å²) in [7, 11) is 0. The number of carbonyl (C=O) groups is 2. The number of benzene rings is 3. The standard InChI is InChI=1S/C23H17ClFNO3/c24-20-7-4-8-21(25)19(20)13-14-22(27)29-15-16-9-11-17(12-10-16)23(28)26-18-5-2-1-3-6-18/h1-14H,15H2,(H,26,28)/b14-13+. The summed E-state index contributed by atoms with van der Waals surface area (Å²) in [6, 6.07) is 20.1. The van der Waals surface area contributed by atoms with Gasteiger partial charge in [-0.3, -0.25) is 4.79 Å². The molecule has 0 aliphatic carbocycles. The Kier molecular flexibility index (Phi) is 6.76. The largest absolute Gasteiger partial charge is 0.458 e. The Morgan fingerprint density at radius 2 is 1.69 bits per heavy atom. The highest BCUT2D eigenvalue weighted by Gasteiger charge is 2.07. The molecule has 0 saturated carbocycles. The SMILES string of the molecule is O=C(/C=C/c1c(F)cccc1Cl)OCc1ccc(C(=O)Nc2ccccc2)cc1. The average Bonchev–Trinajstić information content (AvgIpc) is 2.73. The van der Waals surface area contributed by atoms with Crippen molar-refractivity contribution in [1.82, 2.24) is 0 Å². The molecule has 0 aliphatic heterocycles. The molecule has 29 heavy (non-hydrogen) atoms. The molecule has 1 amide bonds. The van der Waals surface area contributed by atoms with Crippen molar-refractivity contribution >= 4 is 35.2 Å². The number of hydrogen-bond acceptors (Lipinski definition) is 3. The molecule has 3 rings (SSSR count). The number of amides is 1. The van der Waals surface area contributed by atoms with Gasteiger partial charge in [0.15, 0.2) is 0 Å². The van der Waals surface area contributed by atoms with Gasteiger partial charge in [-0.25, -0.2) is 9.18 Å². The summed E-state index contributed by atoms with van der Waals surface area (Å²) in [4.78, 5) is 24.1. The van der Waals surface area contributed by atoms with Crippen LogP contribution in [0.2, 0.25) is 5.02 Å². The van der Waals surface area contributed by atoms with E-state index in [4.69, 9.17) is 16.3 Å². The second kappa shape index (κ2) is 9.66. The monoisotopic (exact) mass is 409 g/mol. The molecule has 0 heterocycles. The van der Waals surface area contributed by atoms with E-state index >= 15 is 0 Å². The Labute approximate surface area is 172 Å². The van der Waals surface area contributed by atoms with Crippen LogP contribution in [-0.2, 0) is 16.1 Å². The van der Waals surface area contributed by atoms with Gasteiger partial charge < -0.3 is 10.1 Å². The number of ether oxygens (including phenoxy) is 1. The van der Waals surface area contributed by atoms with Gasteiger partial charge in [-0.05, 0) is 48.0 Å². The van der Waals surface area contributed by atoms with Crippen molar-refractivity contribution in [2.45, 2.75) is 6.61 Å². The van der Waals surface area contributed by atoms with Gasteiger partial charge >= 0.3 is 5.97 Å². The second-order valence-corrected chi connectivity index (χ2v) is 6.50. The summed E-state index contributed by atoms with van der Waals surface area (Å²) in [5, 5.41) is 3.00. The third kappa shape index (κ3) is 5.77. The quantitative estimate of drug-likeness (QED) is 0.432. The molecule has 0 spiro atoms. The summed E-state index contributed by atoms with van der Waals surface area (Å²) in [6.07, 6.45) is 2.39. The number of anilines is 1. The molecular formula is C23H17ClFNO3. The van der Waals surface area contributed by atoms with Crippen molar-refractivity contribution in [3.8, 4) is 0 Å². The van der Waals surface area contributed by atoms with E-state index in [1.165, 1.54) is 24.3 Å². The van der Waals surface area contributed by atoms with E-state index in [0.29, 0.717) is 16.8 Å². The summed E-state index contributed by atoms with van der Waals surface area (Å²) in [5.41, 5.74) is 2.03. The lowest BCUT2D eigenvalue weighted by atomic mass is 10.1. The minimum Gasteiger partial charge on any atom is -0.458 e. The maximum absolute atomic E-state index is 13.7. The van der Waals surface area contributed by atoms with Crippen LogP contribution in [0, 0.1) is 5.82 Å². The molecule has 0 fully saturated rings. The second-order valence-electron chi connectivity index (χ2n) is 6.09. The van der Waals surface area contributed by atoms with Crippen LogP contribution in [-0.4, -0.2) is 11.9 Å². The van der Waals surface area contributed by atoms with Crippen LogP contribution in [0.3, 0.4) is 0 Å². The number of para-hydroxylation sites is 1. The minimum atomic E-state index is -0.629. The van der Waals surface area contributed by atoms with Crippen molar-refractivity contribution in [2.75, 3.05) is 5.32 Å². The summed E-state index contributed by atoms with van der Waals surface area (Å²) in [5.74, 6) is -1.38. The van der Waals surface area contributed by atoms with E-state index in [1.807, 2.05) is 18.2 Å². The maximum atomic E-state index is 13.7. The first kappa shape index (κ1) is 20.3. The van der Waals surface area contributed by atoms with Gasteiger partial charge in [0.25, 0.3) is 5.91 Å². The highest BCUT2D eigenvalue weighted by Crippen LogP contribution is 2.20. The highest BCUT2D eigenvalue weighted by molar-refractivity contribution is 6.32. The fourth-order valence-electron chi connectivity index (χ4n) is 2.50. The predicted octanol–water partition coefficient (Wildman–Crippen LogP) is 5.49. The zero-order chi connectivity index (χ0) is 20.6. The molecule has 0 aliphatic rings. The molecular weight excluding hydrogens is 393 g/mol. The number of hydrogen-bond donors (Lipinski definition) is 1. The van der Waals surface area contributed by atoms with Crippen molar-refractivity contribution < 1.29 is 18.7 Å². The first-order chi connectivity index (χ1) is 14.0. The third-order valence-electron chi connectivity index (χ3n) is 4.01. The van der Waals surface area contributed by atoms with Crippen molar-refractivity contribution in [1.29, 1.82) is 0 Å². The zero-order valence-corrected chi connectivity index (χ0v) is 16.0. The highest BCUT2D eigenvalue weighted by atomic mass is 35.5. The fourth-order valence-corrected chi connectivity index (χ4v) is 2.73. The van der Waals surface area contributed by atoms with Crippen LogP contribution >= 0.6 is 11.6 Å². The lowest BCUT2D eigenvalue weighted by molar-refractivity contribution is -0.138. The van der Waals surface area contributed by atoms with Gasteiger partial charge in [-0.15, -0.1) is 0 Å². The number of nitrogens with one attached hydrogen (secondary N) is 1. The van der Waals surface area contributed by atoms with E-state index in [-0.39, 0.29) is 23.1 Å². The minimum absolute atomic E-state index is 0.0226. The molecule has 0 atom stereocenters. The van der Waals surface area contributed by atoms with Gasteiger partial charge in [0.2, 0.25) is 0 Å². The lowest BCUT2D eigenvalue weighted by Gasteiger charge is -2.06. The van der Waals surface area contributed by atoms with Gasteiger partial charge in [0.1, 0.15) is 12.4 Å². The van der Waals surface area contributed by atoms with Crippen LogP contribution in [0.4, 0.5) is 10.1 Å². The molecule has 0 aromatic heterocycles. The number of esters is 1. The van der Waals surface area contributed by atoms with Gasteiger partial charge in [0.05, 0.1) is 5.02 Å². The molecule has 146 valence electrons. The molecule has 6 heteroatoms. The van der Waals surface area contributed by atoms with Crippen LogP contribution in [0.25, 0.3) is 6.08 Å². The Morgan fingerprint density at radius 3 is 2.38 bits per heavy atom. The van der Waals surface area contributed by atoms with Crippen LogP contribution in [0.5, 0.6) is 0 Å². The summed E-state index contributed by atoms with van der Waals surface area (Å²) < 4.78 is 18.8. The van der Waals surface area contributed by atoms with E-state index in [2.05, 4.69) is 5.32 Å². The first-order valence-corrected chi connectivity index (χ1v) is 9.15. The smallest absolute Gasteiger partial charge is 0.331 e. The topological polar surface area (TPSA) is 55.4 Å². The molecule has 0 bridgehead atoms. The van der Waals surface area contributed by atoms with Crippen molar-refractivity contribution in [2.24, 2.45) is 0 Å². The molecule has 1 N–H and O–H groups in total. The number of carbonyl (C=O) groups excluding carboxylic acids is 2. The van der Waals surface area contributed by atoms with Crippen LogP contribution < -0.4 is 5.32 Å². The molecule has 0 saturated heterocycles. The van der Waals surface area contributed by atoms with Crippen molar-refractivity contribution in [3.63, 3.8) is 0 Å². The zero-order valence-electron chi connectivity index (χ0n) is 15.3. The summed E-state index contributed by atoms with van der Waals surface area (Å²) >= 11 is 5.90. The van der Waals surface area contributed by atoms with E-state index in [1.54, 1.807) is 36.4 Å². The number of halogens is 2. The van der Waals surface area contributed by atoms with E-state index in [0.717, 1.165) is 6.08 Å². The maximum Gasteiger partial charge on any atom is 0.331 e. The van der Waals surface area contributed by atoms with Gasteiger partial charge in [-0.1, -0.05) is 48.0 Å². The average molecular weight is 410 g/mol. The third-order valence-corrected chi connectivity index (χ3v) is 4.34. The Morgan fingerprint density at radius 1 is 0.966 bits per heavy atom. The predicted molar refractivity (Wildman–Crippen MR) is 111 cm³/mol. The van der Waals surface area contributed by atoms with E-state index in [9.17, 15) is 14.0 Å². The molecule has 4 nitrogen and oxygen atoms in total. The van der Waals surface area contributed by atoms with E-state index < -0.39 is 11.8 Å². The Balaban J connectivity index is 1.54. The fraction of sp³-hybridized carbons (Fsp3) is 0.0435. The first-order valence-electron chi connectivity index (χ1n) is 8.77. The van der Waals surface area contributed by atoms with Gasteiger partial charge in [0, 0.05) is 22.9 Å². The number of rotatable bonds is 6. The molecule has 0 unspecified atom stereocenters. The summed E-state index contributed by atoms with van der Waals surface area (Å²) in [6.45, 7) is 0.0226. The Bertz CT molecular complexity index is 1010. The normalized spacial score (nSPS) is 10.7. The van der Waals surface area contributed by atoms with Gasteiger partial charge in [-0.2, -0.15) is 0 Å². The van der Waals surface area contributed by atoms with Crippen LogP contribution in [0.15, 0.2) is 78.9 Å². The molecule has 3 aromatic carbocycles. The Hall–Kier alpha value is -3.44. The van der Waals surface area contributed by atoms with Crippen LogP contribution in [0.1, 0.15) is 21.5 Å².